The minimum Gasteiger partial charge on any atom is -0.487 e. The van der Waals surface area contributed by atoms with Gasteiger partial charge >= 0.3 is 0 Å². The second-order valence-corrected chi connectivity index (χ2v) is 5.66. The first kappa shape index (κ1) is 12.5. The molecule has 3 aromatic rings. The number of hydrogen-bond acceptors (Lipinski definition) is 2. The van der Waals surface area contributed by atoms with Crippen molar-refractivity contribution in [3.05, 3.63) is 64.2 Å². The lowest BCUT2D eigenvalue weighted by Gasteiger charge is -2.05. The molecule has 1 nitrogen and oxygen atoms in total. The third-order valence-corrected chi connectivity index (χ3v) is 4.15. The lowest BCUT2D eigenvalue weighted by Crippen LogP contribution is -1.92. The van der Waals surface area contributed by atoms with Crippen LogP contribution in [0.2, 0.25) is 5.02 Å². The summed E-state index contributed by atoms with van der Waals surface area (Å²) in [6.07, 6.45) is 0. The van der Waals surface area contributed by atoms with Crippen LogP contribution in [0.5, 0.6) is 5.75 Å². The Morgan fingerprint density at radius 3 is 2.74 bits per heavy atom. The Hall–Kier alpha value is -1.58. The Morgan fingerprint density at radius 2 is 1.95 bits per heavy atom. The van der Waals surface area contributed by atoms with Crippen molar-refractivity contribution in [2.24, 2.45) is 0 Å². The molecule has 0 saturated carbocycles. The van der Waals surface area contributed by atoms with E-state index in [0.29, 0.717) is 22.8 Å². The zero-order chi connectivity index (χ0) is 13.2. The zero-order valence-electron chi connectivity index (χ0n) is 9.90. The number of ether oxygens (including phenoxy) is 1. The monoisotopic (exact) mass is 292 g/mol. The molecular weight excluding hydrogens is 283 g/mol. The summed E-state index contributed by atoms with van der Waals surface area (Å²) < 4.78 is 20.1. The van der Waals surface area contributed by atoms with Crippen molar-refractivity contribution < 1.29 is 9.13 Å². The molecule has 0 amide bonds. The number of fused-ring (bicyclic) bond motifs is 1. The molecular formula is C15H10ClFOS. The van der Waals surface area contributed by atoms with Crippen molar-refractivity contribution in [1.82, 2.24) is 0 Å². The number of halogens is 2. The van der Waals surface area contributed by atoms with Gasteiger partial charge in [0.25, 0.3) is 0 Å². The summed E-state index contributed by atoms with van der Waals surface area (Å²) in [4.78, 5) is 0.972. The van der Waals surface area contributed by atoms with Crippen LogP contribution in [0, 0.1) is 5.82 Å². The summed E-state index contributed by atoms with van der Waals surface area (Å²) >= 11 is 7.54. The van der Waals surface area contributed by atoms with E-state index < -0.39 is 0 Å². The summed E-state index contributed by atoms with van der Waals surface area (Å²) in [5.41, 5.74) is 0. The molecule has 0 aliphatic carbocycles. The van der Waals surface area contributed by atoms with Crippen molar-refractivity contribution in [1.29, 1.82) is 0 Å². The van der Waals surface area contributed by atoms with Crippen LogP contribution in [0.4, 0.5) is 4.39 Å². The van der Waals surface area contributed by atoms with Crippen LogP contribution < -0.4 is 4.74 Å². The summed E-state index contributed by atoms with van der Waals surface area (Å²) in [6, 6.07) is 14.2. The normalized spacial score (nSPS) is 10.8. The van der Waals surface area contributed by atoms with Gasteiger partial charge in [0.15, 0.2) is 0 Å². The number of thiophene rings is 1. The number of hydrogen-bond donors (Lipinski definition) is 0. The summed E-state index contributed by atoms with van der Waals surface area (Å²) in [5, 5.41) is 1.22. The van der Waals surface area contributed by atoms with Crippen molar-refractivity contribution in [2.75, 3.05) is 0 Å². The summed E-state index contributed by atoms with van der Waals surface area (Å²) in [7, 11) is 0. The minimum absolute atomic E-state index is 0.197. The second-order valence-electron chi connectivity index (χ2n) is 4.08. The molecule has 0 aliphatic rings. The predicted molar refractivity (Wildman–Crippen MR) is 77.6 cm³/mol. The standard InChI is InChI=1S/C15H10ClFOS/c16-12-4-1-2-6-14(12)18-9-10-8-11-13(17)5-3-7-15(11)19-10/h1-8H,9H2. The van der Waals surface area contributed by atoms with Gasteiger partial charge in [-0.2, -0.15) is 0 Å². The average molecular weight is 293 g/mol. The fourth-order valence-electron chi connectivity index (χ4n) is 1.86. The smallest absolute Gasteiger partial charge is 0.138 e. The molecule has 0 atom stereocenters. The van der Waals surface area contributed by atoms with E-state index >= 15 is 0 Å². The van der Waals surface area contributed by atoms with Gasteiger partial charge in [0.2, 0.25) is 0 Å². The van der Waals surface area contributed by atoms with E-state index in [4.69, 9.17) is 16.3 Å². The molecule has 96 valence electrons. The molecule has 0 unspecified atom stereocenters. The Morgan fingerprint density at radius 1 is 1.11 bits per heavy atom. The Balaban J connectivity index is 1.83. The van der Waals surface area contributed by atoms with E-state index in [2.05, 4.69) is 0 Å². The van der Waals surface area contributed by atoms with Gasteiger partial charge in [-0.3, -0.25) is 0 Å². The van der Waals surface area contributed by atoms with Crippen LogP contribution in [0.1, 0.15) is 4.88 Å². The first-order valence-corrected chi connectivity index (χ1v) is 6.98. The lowest BCUT2D eigenvalue weighted by atomic mass is 10.2. The molecule has 0 N–H and O–H groups in total. The summed E-state index contributed by atoms with van der Waals surface area (Å²) in [6.45, 7) is 0.391. The maximum absolute atomic E-state index is 13.6. The molecule has 1 aromatic heterocycles. The summed E-state index contributed by atoms with van der Waals surface area (Å²) in [5.74, 6) is 0.444. The largest absolute Gasteiger partial charge is 0.487 e. The molecule has 0 spiro atoms. The maximum Gasteiger partial charge on any atom is 0.138 e. The Kier molecular flexibility index (Phi) is 3.40. The van der Waals surface area contributed by atoms with Gasteiger partial charge in [-0.15, -0.1) is 11.3 Å². The fourth-order valence-corrected chi connectivity index (χ4v) is 3.04. The van der Waals surface area contributed by atoms with E-state index in [1.54, 1.807) is 12.1 Å². The predicted octanol–water partition coefficient (Wildman–Crippen LogP) is 5.27. The number of benzene rings is 2. The van der Waals surface area contributed by atoms with Gasteiger partial charge in [-0.05, 0) is 30.3 Å². The molecule has 0 bridgehead atoms. The van der Waals surface area contributed by atoms with Gasteiger partial charge in [0.1, 0.15) is 18.2 Å². The number of para-hydroxylation sites is 1. The Bertz CT molecular complexity index is 723. The topological polar surface area (TPSA) is 9.23 Å². The fraction of sp³-hybridized carbons (Fsp3) is 0.0667. The maximum atomic E-state index is 13.6. The molecule has 0 saturated heterocycles. The second kappa shape index (κ2) is 5.19. The third-order valence-electron chi connectivity index (χ3n) is 2.77. The van der Waals surface area contributed by atoms with Crippen molar-refractivity contribution in [3.8, 4) is 5.75 Å². The minimum atomic E-state index is -0.197. The first-order valence-electron chi connectivity index (χ1n) is 5.78. The quantitative estimate of drug-likeness (QED) is 0.639. The van der Waals surface area contributed by atoms with Gasteiger partial charge < -0.3 is 4.74 Å². The van der Waals surface area contributed by atoms with Crippen LogP contribution in [0.3, 0.4) is 0 Å². The molecule has 2 aromatic carbocycles. The van der Waals surface area contributed by atoms with E-state index in [1.165, 1.54) is 17.4 Å². The highest BCUT2D eigenvalue weighted by atomic mass is 35.5. The molecule has 19 heavy (non-hydrogen) atoms. The van der Waals surface area contributed by atoms with Crippen molar-refractivity contribution in [2.45, 2.75) is 6.61 Å². The SMILES string of the molecule is Fc1cccc2sc(COc3ccccc3Cl)cc12. The van der Waals surface area contributed by atoms with Gasteiger partial charge in [-0.1, -0.05) is 29.8 Å². The molecule has 3 rings (SSSR count). The van der Waals surface area contributed by atoms with Crippen LogP contribution >= 0.6 is 22.9 Å². The molecule has 1 heterocycles. The molecule has 0 aliphatic heterocycles. The highest BCUT2D eigenvalue weighted by Crippen LogP contribution is 2.30. The molecule has 4 heteroatoms. The zero-order valence-corrected chi connectivity index (χ0v) is 11.5. The van der Waals surface area contributed by atoms with E-state index in [0.717, 1.165) is 9.58 Å². The van der Waals surface area contributed by atoms with Crippen LogP contribution in [0.25, 0.3) is 10.1 Å². The van der Waals surface area contributed by atoms with Crippen LogP contribution in [0.15, 0.2) is 48.5 Å². The van der Waals surface area contributed by atoms with Crippen molar-refractivity contribution in [3.63, 3.8) is 0 Å². The Labute approximate surface area is 119 Å². The third kappa shape index (κ3) is 2.57. The van der Waals surface area contributed by atoms with Crippen LogP contribution in [-0.4, -0.2) is 0 Å². The average Bonchev–Trinajstić information content (AvgIpc) is 2.82. The highest BCUT2D eigenvalue weighted by Gasteiger charge is 2.07. The number of rotatable bonds is 3. The lowest BCUT2D eigenvalue weighted by molar-refractivity contribution is 0.310. The molecule has 0 radical (unpaired) electrons. The van der Waals surface area contributed by atoms with Crippen LogP contribution in [-0.2, 0) is 6.61 Å². The van der Waals surface area contributed by atoms with Gasteiger partial charge in [0, 0.05) is 15.0 Å². The van der Waals surface area contributed by atoms with E-state index in [-0.39, 0.29) is 5.82 Å². The highest BCUT2D eigenvalue weighted by molar-refractivity contribution is 7.19. The van der Waals surface area contributed by atoms with Crippen molar-refractivity contribution >= 4 is 33.0 Å². The van der Waals surface area contributed by atoms with E-state index in [9.17, 15) is 4.39 Å². The molecule has 0 fully saturated rings. The first-order chi connectivity index (χ1) is 9.24. The van der Waals surface area contributed by atoms with Gasteiger partial charge in [0.05, 0.1) is 5.02 Å². The van der Waals surface area contributed by atoms with E-state index in [1.807, 2.05) is 30.3 Å². The van der Waals surface area contributed by atoms with Gasteiger partial charge in [-0.25, -0.2) is 4.39 Å².